The molecule has 10 heteroatoms. The number of nitrogens with zero attached hydrogens (tertiary/aromatic N) is 5. The summed E-state index contributed by atoms with van der Waals surface area (Å²) >= 11 is 3.13. The van der Waals surface area contributed by atoms with Crippen LogP contribution in [0.5, 0.6) is 17.2 Å². The van der Waals surface area contributed by atoms with Crippen molar-refractivity contribution < 1.29 is 14.2 Å². The maximum atomic E-state index is 5.50. The number of benzene rings is 2. The highest BCUT2D eigenvalue weighted by molar-refractivity contribution is 7.98. The molecule has 0 N–H and O–H groups in total. The summed E-state index contributed by atoms with van der Waals surface area (Å²) in [5, 5.41) is 15.8. The fraction of sp³-hybridized carbons (Fsp3) is 0.238. The van der Waals surface area contributed by atoms with Crippen molar-refractivity contribution in [1.82, 2.24) is 25.2 Å². The van der Waals surface area contributed by atoms with Crippen LogP contribution in [0.2, 0.25) is 0 Å². The second kappa shape index (κ2) is 9.80. The molecule has 2 aromatic heterocycles. The zero-order chi connectivity index (χ0) is 21.6. The average molecular weight is 456 g/mol. The van der Waals surface area contributed by atoms with Crippen molar-refractivity contribution in [3.8, 4) is 27.8 Å². The van der Waals surface area contributed by atoms with Crippen LogP contribution in [0.25, 0.3) is 10.6 Å². The lowest BCUT2D eigenvalue weighted by molar-refractivity contribution is 0.395. The number of rotatable bonds is 9. The SMILES string of the molecule is COc1ccc(Cn2nnnc2SCc2csc(-c3ccc(OC)cc3OC)n2)cc1. The molecule has 8 nitrogen and oxygen atoms in total. The van der Waals surface area contributed by atoms with Crippen LogP contribution in [0.3, 0.4) is 0 Å². The van der Waals surface area contributed by atoms with Gasteiger partial charge in [-0.1, -0.05) is 23.9 Å². The number of thioether (sulfide) groups is 1. The molecular formula is C21H21N5O3S2. The van der Waals surface area contributed by atoms with Gasteiger partial charge >= 0.3 is 0 Å². The Morgan fingerprint density at radius 3 is 2.48 bits per heavy atom. The van der Waals surface area contributed by atoms with E-state index in [1.165, 1.54) is 0 Å². The Morgan fingerprint density at radius 1 is 0.968 bits per heavy atom. The van der Waals surface area contributed by atoms with Gasteiger partial charge in [-0.2, -0.15) is 0 Å². The zero-order valence-electron chi connectivity index (χ0n) is 17.3. The number of hydrogen-bond donors (Lipinski definition) is 0. The van der Waals surface area contributed by atoms with E-state index in [9.17, 15) is 0 Å². The van der Waals surface area contributed by atoms with Gasteiger partial charge in [0.1, 0.15) is 22.3 Å². The van der Waals surface area contributed by atoms with Crippen molar-refractivity contribution in [2.24, 2.45) is 0 Å². The maximum absolute atomic E-state index is 5.50. The number of tetrazole rings is 1. The molecule has 4 rings (SSSR count). The maximum Gasteiger partial charge on any atom is 0.210 e. The topological polar surface area (TPSA) is 84.2 Å². The Labute approximate surface area is 188 Å². The zero-order valence-corrected chi connectivity index (χ0v) is 18.9. The van der Waals surface area contributed by atoms with Crippen molar-refractivity contribution in [3.63, 3.8) is 0 Å². The van der Waals surface area contributed by atoms with Gasteiger partial charge in [-0.15, -0.1) is 16.4 Å². The third-order valence-corrected chi connectivity index (χ3v) is 6.45. The number of aromatic nitrogens is 5. The van der Waals surface area contributed by atoms with Crippen LogP contribution < -0.4 is 14.2 Å². The first-order chi connectivity index (χ1) is 15.2. The van der Waals surface area contributed by atoms with Gasteiger partial charge in [0, 0.05) is 17.2 Å². The Bertz CT molecular complexity index is 1140. The highest BCUT2D eigenvalue weighted by Crippen LogP contribution is 2.35. The lowest BCUT2D eigenvalue weighted by Gasteiger charge is -2.08. The molecule has 0 aliphatic heterocycles. The van der Waals surface area contributed by atoms with E-state index in [1.807, 2.05) is 47.8 Å². The Hall–Kier alpha value is -3.11. The van der Waals surface area contributed by atoms with Crippen molar-refractivity contribution in [2.45, 2.75) is 17.5 Å². The van der Waals surface area contributed by atoms with E-state index in [2.05, 4.69) is 15.5 Å². The van der Waals surface area contributed by atoms with Crippen LogP contribution in [0.4, 0.5) is 0 Å². The summed E-state index contributed by atoms with van der Waals surface area (Å²) in [5.74, 6) is 2.97. The molecule has 0 saturated carbocycles. The average Bonchev–Trinajstić information content (AvgIpc) is 3.47. The molecule has 2 aromatic carbocycles. The molecule has 2 heterocycles. The van der Waals surface area contributed by atoms with E-state index in [0.717, 1.165) is 44.2 Å². The van der Waals surface area contributed by atoms with Crippen LogP contribution in [0.1, 0.15) is 11.3 Å². The smallest absolute Gasteiger partial charge is 0.210 e. The van der Waals surface area contributed by atoms with Gasteiger partial charge in [0.2, 0.25) is 5.16 Å². The quantitative estimate of drug-likeness (QED) is 0.348. The van der Waals surface area contributed by atoms with Gasteiger partial charge in [-0.05, 0) is 40.3 Å². The monoisotopic (exact) mass is 455 g/mol. The number of thiazole rings is 1. The molecule has 0 aliphatic carbocycles. The van der Waals surface area contributed by atoms with E-state index in [4.69, 9.17) is 19.2 Å². The number of methoxy groups -OCH3 is 3. The number of ether oxygens (including phenoxy) is 3. The number of hydrogen-bond acceptors (Lipinski definition) is 9. The van der Waals surface area contributed by atoms with E-state index < -0.39 is 0 Å². The molecule has 160 valence electrons. The van der Waals surface area contributed by atoms with Gasteiger partial charge in [0.05, 0.1) is 39.1 Å². The summed E-state index contributed by atoms with van der Waals surface area (Å²) < 4.78 is 17.8. The summed E-state index contributed by atoms with van der Waals surface area (Å²) in [6.07, 6.45) is 0. The van der Waals surface area contributed by atoms with Crippen molar-refractivity contribution in [1.29, 1.82) is 0 Å². The second-order valence-corrected chi connectivity index (χ2v) is 8.27. The van der Waals surface area contributed by atoms with Gasteiger partial charge < -0.3 is 14.2 Å². The fourth-order valence-corrected chi connectivity index (χ4v) is 4.64. The first-order valence-electron chi connectivity index (χ1n) is 9.39. The minimum absolute atomic E-state index is 0.588. The third kappa shape index (κ3) is 4.97. The molecule has 4 aromatic rings. The molecule has 0 fully saturated rings. The van der Waals surface area contributed by atoms with Crippen LogP contribution >= 0.6 is 23.1 Å². The molecular weight excluding hydrogens is 434 g/mol. The molecule has 0 amide bonds. The van der Waals surface area contributed by atoms with E-state index >= 15 is 0 Å². The summed E-state index contributed by atoms with van der Waals surface area (Å²) in [5.41, 5.74) is 2.99. The van der Waals surface area contributed by atoms with Crippen LogP contribution in [0.15, 0.2) is 53.0 Å². The molecule has 0 aliphatic rings. The van der Waals surface area contributed by atoms with E-state index in [-0.39, 0.29) is 0 Å². The molecule has 31 heavy (non-hydrogen) atoms. The first-order valence-corrected chi connectivity index (χ1v) is 11.3. The Kier molecular flexibility index (Phi) is 6.68. The largest absolute Gasteiger partial charge is 0.497 e. The Morgan fingerprint density at radius 2 is 1.74 bits per heavy atom. The molecule has 0 bridgehead atoms. The predicted molar refractivity (Wildman–Crippen MR) is 120 cm³/mol. The molecule has 0 spiro atoms. The predicted octanol–water partition coefficient (Wildman–Crippen LogP) is 4.16. The minimum atomic E-state index is 0.588. The van der Waals surface area contributed by atoms with Crippen molar-refractivity contribution >= 4 is 23.1 Å². The van der Waals surface area contributed by atoms with Crippen molar-refractivity contribution in [2.75, 3.05) is 21.3 Å². The summed E-state index contributed by atoms with van der Waals surface area (Å²) in [6.45, 7) is 0.588. The van der Waals surface area contributed by atoms with Gasteiger partial charge in [0.15, 0.2) is 0 Å². The van der Waals surface area contributed by atoms with Gasteiger partial charge in [0.25, 0.3) is 0 Å². The van der Waals surface area contributed by atoms with E-state index in [1.54, 1.807) is 49.1 Å². The van der Waals surface area contributed by atoms with E-state index in [0.29, 0.717) is 12.3 Å². The summed E-state index contributed by atoms with van der Waals surface area (Å²) in [6, 6.07) is 13.6. The van der Waals surface area contributed by atoms with Gasteiger partial charge in [-0.3, -0.25) is 0 Å². The van der Waals surface area contributed by atoms with Crippen LogP contribution in [-0.4, -0.2) is 46.5 Å². The first kappa shape index (κ1) is 21.1. The highest BCUT2D eigenvalue weighted by Gasteiger charge is 2.13. The Balaban J connectivity index is 1.43. The highest BCUT2D eigenvalue weighted by atomic mass is 32.2. The lowest BCUT2D eigenvalue weighted by Crippen LogP contribution is -2.04. The molecule has 0 unspecified atom stereocenters. The normalized spacial score (nSPS) is 10.8. The molecule has 0 saturated heterocycles. The molecule has 0 radical (unpaired) electrons. The lowest BCUT2D eigenvalue weighted by atomic mass is 10.2. The molecule has 0 atom stereocenters. The third-order valence-electron chi connectivity index (χ3n) is 4.53. The minimum Gasteiger partial charge on any atom is -0.497 e. The van der Waals surface area contributed by atoms with Crippen LogP contribution in [0, 0.1) is 0 Å². The standard InChI is InChI=1S/C21H21N5O3S2/c1-27-16-6-4-14(5-7-16)11-26-21(23-24-25-26)31-13-15-12-30-20(22-15)18-9-8-17(28-2)10-19(18)29-3/h4-10,12H,11,13H2,1-3H3. The van der Waals surface area contributed by atoms with Crippen molar-refractivity contribution in [3.05, 3.63) is 59.1 Å². The summed E-state index contributed by atoms with van der Waals surface area (Å²) in [7, 11) is 4.93. The fourth-order valence-electron chi connectivity index (χ4n) is 2.91. The van der Waals surface area contributed by atoms with Gasteiger partial charge in [-0.25, -0.2) is 9.67 Å². The second-order valence-electron chi connectivity index (χ2n) is 6.47. The summed E-state index contributed by atoms with van der Waals surface area (Å²) in [4.78, 5) is 4.76. The van der Waals surface area contributed by atoms with Crippen LogP contribution in [-0.2, 0) is 12.3 Å².